The molecule has 4 atom stereocenters. The maximum atomic E-state index is 12.7. The van der Waals surface area contributed by atoms with Gasteiger partial charge in [-0.15, -0.1) is 0 Å². The molecule has 0 saturated carbocycles. The lowest BCUT2D eigenvalue weighted by molar-refractivity contribution is -0.268. The van der Waals surface area contributed by atoms with Gasteiger partial charge in [-0.05, 0) is 35.4 Å². The molecule has 1 amide bonds. The Morgan fingerprint density at radius 3 is 2.63 bits per heavy atom. The minimum atomic E-state index is -0.629. The van der Waals surface area contributed by atoms with Crippen LogP contribution in [0.15, 0.2) is 90.6 Å². The number of nitrogens with one attached hydrogen (secondary N) is 1. The number of pyridine rings is 1. The Kier molecular flexibility index (Phi) is 8.19. The van der Waals surface area contributed by atoms with Crippen molar-refractivity contribution in [2.24, 2.45) is 13.0 Å². The molecule has 38 heavy (non-hydrogen) atoms. The number of aryl methyl sites for hydroxylation is 1. The van der Waals surface area contributed by atoms with Gasteiger partial charge in [0.25, 0.3) is 5.91 Å². The number of hydrogen-bond acceptors (Lipinski definition) is 7. The summed E-state index contributed by atoms with van der Waals surface area (Å²) in [6, 6.07) is 18.8. The van der Waals surface area contributed by atoms with E-state index >= 15 is 0 Å². The van der Waals surface area contributed by atoms with Crippen molar-refractivity contribution >= 4 is 23.4 Å². The van der Waals surface area contributed by atoms with E-state index in [0.717, 1.165) is 21.8 Å². The van der Waals surface area contributed by atoms with E-state index in [0.29, 0.717) is 17.0 Å². The van der Waals surface area contributed by atoms with Gasteiger partial charge < -0.3 is 24.5 Å². The maximum Gasteiger partial charge on any atom is 0.257 e. The number of benzene rings is 2. The lowest BCUT2D eigenvalue weighted by Gasteiger charge is -2.41. The molecular formula is C29H30N4O4S. The Labute approximate surface area is 226 Å². The van der Waals surface area contributed by atoms with Gasteiger partial charge in [0.05, 0.1) is 24.4 Å². The van der Waals surface area contributed by atoms with E-state index in [-0.39, 0.29) is 30.6 Å². The van der Waals surface area contributed by atoms with Gasteiger partial charge in [0.15, 0.2) is 11.4 Å². The molecule has 2 aromatic carbocycles. The van der Waals surface area contributed by atoms with Crippen molar-refractivity contribution in [3.63, 3.8) is 0 Å². The second kappa shape index (κ2) is 11.9. The van der Waals surface area contributed by atoms with E-state index in [4.69, 9.17) is 9.47 Å². The van der Waals surface area contributed by atoms with Crippen LogP contribution in [0.25, 0.3) is 0 Å². The minimum Gasteiger partial charge on any atom is -0.392 e. The summed E-state index contributed by atoms with van der Waals surface area (Å²) in [6.45, 7) is 2.13. The standard InChI is InChI=1S/C29H30N4O4S/c1-19-25(18-38-29-31-13-14-33(29)2)36-28(37-26(19)21-10-8-20(17-34)9-11-21)22-5-3-7-24(15-22)32-27(35)23-6-4-12-30-16-23/h3-16,19,25-26,28,34H,17-18H2,1-2H3,(H,32,35)/t19-,25+,26+,28+/m0/s1. The molecular weight excluding hydrogens is 500 g/mol. The van der Waals surface area contributed by atoms with Crippen molar-refractivity contribution in [1.82, 2.24) is 14.5 Å². The fourth-order valence-electron chi connectivity index (χ4n) is 4.42. The molecule has 0 aliphatic carbocycles. The molecule has 1 saturated heterocycles. The summed E-state index contributed by atoms with van der Waals surface area (Å²) < 4.78 is 15.1. The van der Waals surface area contributed by atoms with Gasteiger partial charge in [0, 0.05) is 54.8 Å². The quantitative estimate of drug-likeness (QED) is 0.304. The number of aliphatic hydroxyl groups excluding tert-OH is 1. The zero-order valence-electron chi connectivity index (χ0n) is 21.2. The van der Waals surface area contributed by atoms with Crippen molar-refractivity contribution in [3.8, 4) is 0 Å². The number of anilines is 1. The predicted octanol–water partition coefficient (Wildman–Crippen LogP) is 5.14. The highest BCUT2D eigenvalue weighted by Crippen LogP contribution is 2.43. The highest BCUT2D eigenvalue weighted by atomic mass is 32.2. The van der Waals surface area contributed by atoms with Crippen LogP contribution in [0.1, 0.15) is 46.4 Å². The lowest BCUT2D eigenvalue weighted by Crippen LogP contribution is -2.38. The molecule has 0 unspecified atom stereocenters. The molecule has 3 heterocycles. The summed E-state index contributed by atoms with van der Waals surface area (Å²) >= 11 is 1.65. The summed E-state index contributed by atoms with van der Waals surface area (Å²) in [4.78, 5) is 21.1. The number of nitrogens with zero attached hydrogens (tertiary/aromatic N) is 3. The summed E-state index contributed by atoms with van der Waals surface area (Å²) in [6.07, 6.45) is 5.91. The Balaban J connectivity index is 1.39. The fraction of sp³-hybridized carbons (Fsp3) is 0.276. The van der Waals surface area contributed by atoms with Gasteiger partial charge in [-0.1, -0.05) is 55.1 Å². The van der Waals surface area contributed by atoms with Crippen LogP contribution in [0.4, 0.5) is 5.69 Å². The second-order valence-electron chi connectivity index (χ2n) is 9.27. The average molecular weight is 531 g/mol. The normalized spacial score (nSPS) is 21.2. The first kappa shape index (κ1) is 26.1. The number of rotatable bonds is 8. The van der Waals surface area contributed by atoms with Crippen molar-refractivity contribution < 1.29 is 19.4 Å². The first-order valence-corrected chi connectivity index (χ1v) is 13.4. The number of carbonyl (C=O) groups excluding carboxylic acids is 1. The van der Waals surface area contributed by atoms with E-state index in [2.05, 4.69) is 22.2 Å². The second-order valence-corrected chi connectivity index (χ2v) is 10.3. The van der Waals surface area contributed by atoms with Gasteiger partial charge >= 0.3 is 0 Å². The summed E-state index contributed by atoms with van der Waals surface area (Å²) in [5.74, 6) is 0.530. The van der Waals surface area contributed by atoms with E-state index in [1.54, 1.807) is 36.3 Å². The Hall–Kier alpha value is -3.50. The highest BCUT2D eigenvalue weighted by Gasteiger charge is 2.38. The van der Waals surface area contributed by atoms with Gasteiger partial charge in [0.2, 0.25) is 0 Å². The number of aliphatic hydroxyl groups is 1. The molecule has 2 aromatic heterocycles. The van der Waals surface area contributed by atoms with E-state index in [1.807, 2.05) is 66.3 Å². The number of aromatic nitrogens is 3. The average Bonchev–Trinajstić information content (AvgIpc) is 3.37. The van der Waals surface area contributed by atoms with Crippen molar-refractivity contribution in [2.75, 3.05) is 11.1 Å². The molecule has 5 rings (SSSR count). The smallest absolute Gasteiger partial charge is 0.257 e. The molecule has 1 aliphatic heterocycles. The van der Waals surface area contributed by atoms with Crippen LogP contribution in [0.3, 0.4) is 0 Å². The van der Waals surface area contributed by atoms with E-state index in [1.165, 1.54) is 6.20 Å². The van der Waals surface area contributed by atoms with Crippen LogP contribution in [0, 0.1) is 5.92 Å². The van der Waals surface area contributed by atoms with Crippen LogP contribution in [-0.4, -0.2) is 37.4 Å². The molecule has 8 nitrogen and oxygen atoms in total. The number of amides is 1. The summed E-state index contributed by atoms with van der Waals surface area (Å²) in [5, 5.41) is 13.3. The van der Waals surface area contributed by atoms with Gasteiger partial charge in [-0.25, -0.2) is 4.98 Å². The number of carbonyl (C=O) groups is 1. The zero-order chi connectivity index (χ0) is 26.5. The van der Waals surface area contributed by atoms with Crippen molar-refractivity contribution in [1.29, 1.82) is 0 Å². The number of imidazole rings is 1. The first-order valence-electron chi connectivity index (χ1n) is 12.4. The monoisotopic (exact) mass is 530 g/mol. The van der Waals surface area contributed by atoms with Crippen LogP contribution in [0.5, 0.6) is 0 Å². The predicted molar refractivity (Wildman–Crippen MR) is 146 cm³/mol. The first-order chi connectivity index (χ1) is 18.5. The summed E-state index contributed by atoms with van der Waals surface area (Å²) in [7, 11) is 1.98. The molecule has 0 spiro atoms. The van der Waals surface area contributed by atoms with Gasteiger partial charge in [-0.3, -0.25) is 9.78 Å². The van der Waals surface area contributed by atoms with Gasteiger partial charge in [-0.2, -0.15) is 0 Å². The van der Waals surface area contributed by atoms with Crippen molar-refractivity contribution in [3.05, 3.63) is 108 Å². The van der Waals surface area contributed by atoms with E-state index < -0.39 is 6.29 Å². The van der Waals surface area contributed by atoms with E-state index in [9.17, 15) is 9.90 Å². The van der Waals surface area contributed by atoms with Crippen LogP contribution in [-0.2, 0) is 23.1 Å². The molecule has 0 bridgehead atoms. The Morgan fingerprint density at radius 1 is 1.08 bits per heavy atom. The van der Waals surface area contributed by atoms with Crippen molar-refractivity contribution in [2.45, 2.75) is 37.2 Å². The number of ether oxygens (including phenoxy) is 2. The number of hydrogen-bond donors (Lipinski definition) is 2. The minimum absolute atomic E-state index is 0.00637. The SMILES string of the molecule is C[C@H]1[C@@H](CSc2nccn2C)O[C@@H](c2cccc(NC(=O)c3cccnc3)c2)O[C@H]1c1ccc(CO)cc1. The molecule has 9 heteroatoms. The fourth-order valence-corrected chi connectivity index (χ4v) is 5.52. The molecule has 196 valence electrons. The molecule has 0 radical (unpaired) electrons. The third-order valence-electron chi connectivity index (χ3n) is 6.62. The third-order valence-corrected chi connectivity index (χ3v) is 7.76. The van der Waals surface area contributed by atoms with Gasteiger partial charge in [0.1, 0.15) is 0 Å². The largest absolute Gasteiger partial charge is 0.392 e. The maximum absolute atomic E-state index is 12.7. The zero-order valence-corrected chi connectivity index (χ0v) is 22.0. The Bertz CT molecular complexity index is 1360. The third kappa shape index (κ3) is 5.97. The van der Waals surface area contributed by atoms with Crippen LogP contribution in [0.2, 0.25) is 0 Å². The molecule has 1 fully saturated rings. The lowest BCUT2D eigenvalue weighted by atomic mass is 9.91. The summed E-state index contributed by atoms with van der Waals surface area (Å²) in [5.41, 5.74) is 3.81. The van der Waals surface area contributed by atoms with Crippen LogP contribution >= 0.6 is 11.8 Å². The topological polar surface area (TPSA) is 98.5 Å². The molecule has 1 aliphatic rings. The Morgan fingerprint density at radius 2 is 1.92 bits per heavy atom. The molecule has 2 N–H and O–H groups in total. The molecule has 4 aromatic rings. The number of thioether (sulfide) groups is 1. The van der Waals surface area contributed by atoms with Crippen LogP contribution < -0.4 is 5.32 Å². The highest BCUT2D eigenvalue weighted by molar-refractivity contribution is 7.99.